The van der Waals surface area contributed by atoms with E-state index in [1.807, 2.05) is 5.38 Å². The van der Waals surface area contributed by atoms with E-state index >= 15 is 0 Å². The average molecular weight is 445 g/mol. The summed E-state index contributed by atoms with van der Waals surface area (Å²) in [5.74, 6) is 0.633. The summed E-state index contributed by atoms with van der Waals surface area (Å²) in [4.78, 5) is 19.4. The van der Waals surface area contributed by atoms with Crippen LogP contribution in [0.1, 0.15) is 30.4 Å². The molecule has 0 bridgehead atoms. The lowest BCUT2D eigenvalue weighted by Crippen LogP contribution is -2.41. The van der Waals surface area contributed by atoms with Gasteiger partial charge in [-0.1, -0.05) is 31.2 Å². The highest BCUT2D eigenvalue weighted by atomic mass is 32.2. The minimum atomic E-state index is -3.10. The van der Waals surface area contributed by atoms with Gasteiger partial charge in [0.25, 0.3) is 0 Å². The van der Waals surface area contributed by atoms with Gasteiger partial charge in [-0.15, -0.1) is 11.3 Å². The van der Waals surface area contributed by atoms with Crippen LogP contribution in [0.5, 0.6) is 0 Å². The Hall–Kier alpha value is -2.45. The Kier molecular flexibility index (Phi) is 6.06. The number of carbonyl (C=O) groups excluding carboxylic acids is 1. The van der Waals surface area contributed by atoms with Gasteiger partial charge in [-0.2, -0.15) is 0 Å². The van der Waals surface area contributed by atoms with E-state index in [4.69, 9.17) is 4.42 Å². The lowest BCUT2D eigenvalue weighted by atomic mass is 10.1. The lowest BCUT2D eigenvalue weighted by molar-refractivity contribution is -0.133. The molecule has 1 amide bonds. The number of furan rings is 1. The van der Waals surface area contributed by atoms with Crippen molar-refractivity contribution in [3.05, 3.63) is 65.1 Å². The molecule has 0 spiro atoms. The molecule has 1 atom stereocenters. The third-order valence-corrected chi connectivity index (χ3v) is 8.06. The highest BCUT2D eigenvalue weighted by Crippen LogP contribution is 2.26. The summed E-state index contributed by atoms with van der Waals surface area (Å²) < 4.78 is 29.3. The monoisotopic (exact) mass is 444 g/mol. The molecule has 3 heterocycles. The van der Waals surface area contributed by atoms with Crippen LogP contribution < -0.4 is 0 Å². The maximum Gasteiger partial charge on any atom is 0.229 e. The molecular formula is C22H24N2O4S2. The van der Waals surface area contributed by atoms with Gasteiger partial charge in [0.2, 0.25) is 5.91 Å². The van der Waals surface area contributed by atoms with Gasteiger partial charge in [0.05, 0.1) is 36.4 Å². The van der Waals surface area contributed by atoms with E-state index in [2.05, 4.69) is 36.2 Å². The number of rotatable bonds is 7. The minimum Gasteiger partial charge on any atom is -0.467 e. The second kappa shape index (κ2) is 8.73. The summed E-state index contributed by atoms with van der Waals surface area (Å²) in [7, 11) is -3.10. The van der Waals surface area contributed by atoms with Crippen LogP contribution in [-0.4, -0.2) is 41.8 Å². The van der Waals surface area contributed by atoms with Gasteiger partial charge in [0.15, 0.2) is 9.84 Å². The van der Waals surface area contributed by atoms with Gasteiger partial charge in [0.1, 0.15) is 10.8 Å². The summed E-state index contributed by atoms with van der Waals surface area (Å²) in [6.07, 6.45) is 3.14. The van der Waals surface area contributed by atoms with E-state index in [0.717, 1.165) is 17.0 Å². The number of thiazole rings is 1. The SMILES string of the molecule is CCc1ccc(-c2nc(CC(=O)N(Cc3ccco3)C3CCS(=O)(=O)C3)cs2)cc1. The van der Waals surface area contributed by atoms with E-state index in [1.54, 1.807) is 23.3 Å². The molecule has 0 radical (unpaired) electrons. The molecule has 3 aromatic rings. The van der Waals surface area contributed by atoms with Crippen molar-refractivity contribution in [2.45, 2.75) is 38.8 Å². The van der Waals surface area contributed by atoms with Crippen molar-refractivity contribution in [1.82, 2.24) is 9.88 Å². The molecule has 1 aromatic carbocycles. The van der Waals surface area contributed by atoms with Crippen molar-refractivity contribution in [1.29, 1.82) is 0 Å². The van der Waals surface area contributed by atoms with Gasteiger partial charge < -0.3 is 9.32 Å². The van der Waals surface area contributed by atoms with Crippen molar-refractivity contribution in [3.8, 4) is 10.6 Å². The number of hydrogen-bond acceptors (Lipinski definition) is 6. The molecule has 1 unspecified atom stereocenters. The van der Waals surface area contributed by atoms with E-state index in [1.165, 1.54) is 16.9 Å². The topological polar surface area (TPSA) is 80.5 Å². The van der Waals surface area contributed by atoms with Crippen LogP contribution >= 0.6 is 11.3 Å². The minimum absolute atomic E-state index is 0.00550. The maximum absolute atomic E-state index is 13.1. The Morgan fingerprint density at radius 3 is 2.70 bits per heavy atom. The standard InChI is InChI=1S/C22H24N2O4S2/c1-2-16-5-7-17(8-6-16)22-23-18(14-29-22)12-21(25)24(13-20-4-3-10-28-20)19-9-11-30(26,27)15-19/h3-8,10,14,19H,2,9,11-13,15H2,1H3. The first-order chi connectivity index (χ1) is 14.4. The van der Waals surface area contributed by atoms with Gasteiger partial charge in [-0.25, -0.2) is 13.4 Å². The number of amides is 1. The van der Waals surface area contributed by atoms with E-state index in [9.17, 15) is 13.2 Å². The smallest absolute Gasteiger partial charge is 0.229 e. The average Bonchev–Trinajstić information content (AvgIpc) is 3.47. The Labute approximate surface area is 180 Å². The van der Waals surface area contributed by atoms with Crippen LogP contribution in [0.15, 0.2) is 52.5 Å². The number of aromatic nitrogens is 1. The van der Waals surface area contributed by atoms with Gasteiger partial charge in [-0.05, 0) is 30.5 Å². The molecular weight excluding hydrogens is 420 g/mol. The number of carbonyl (C=O) groups is 1. The largest absolute Gasteiger partial charge is 0.467 e. The van der Waals surface area contributed by atoms with Crippen LogP contribution in [0, 0.1) is 0 Å². The summed E-state index contributed by atoms with van der Waals surface area (Å²) in [5, 5.41) is 2.78. The summed E-state index contributed by atoms with van der Waals surface area (Å²) in [5.41, 5.74) is 3.00. The number of aryl methyl sites for hydroxylation is 1. The van der Waals surface area contributed by atoms with Gasteiger partial charge in [0, 0.05) is 17.0 Å². The van der Waals surface area contributed by atoms with Crippen LogP contribution in [0.2, 0.25) is 0 Å². The first-order valence-corrected chi connectivity index (χ1v) is 12.7. The molecule has 0 aliphatic carbocycles. The second-order valence-electron chi connectivity index (χ2n) is 7.53. The zero-order chi connectivity index (χ0) is 21.1. The zero-order valence-electron chi connectivity index (χ0n) is 16.8. The Balaban J connectivity index is 1.50. The maximum atomic E-state index is 13.1. The van der Waals surface area contributed by atoms with Crippen molar-refractivity contribution in [3.63, 3.8) is 0 Å². The van der Waals surface area contributed by atoms with Gasteiger partial charge in [-0.3, -0.25) is 4.79 Å². The van der Waals surface area contributed by atoms with Crippen LogP contribution in [0.3, 0.4) is 0 Å². The van der Waals surface area contributed by atoms with Crippen LogP contribution in [0.4, 0.5) is 0 Å². The fourth-order valence-electron chi connectivity index (χ4n) is 3.67. The summed E-state index contributed by atoms with van der Waals surface area (Å²) >= 11 is 1.51. The number of nitrogens with zero attached hydrogens (tertiary/aromatic N) is 2. The Morgan fingerprint density at radius 1 is 1.27 bits per heavy atom. The fraction of sp³-hybridized carbons (Fsp3) is 0.364. The third-order valence-electron chi connectivity index (χ3n) is 5.37. The van der Waals surface area contributed by atoms with E-state index in [0.29, 0.717) is 17.9 Å². The molecule has 6 nitrogen and oxygen atoms in total. The first kappa shape index (κ1) is 20.8. The molecule has 1 aliphatic rings. The molecule has 1 fully saturated rings. The summed E-state index contributed by atoms with van der Waals surface area (Å²) in [6, 6.07) is 11.5. The molecule has 30 heavy (non-hydrogen) atoms. The second-order valence-corrected chi connectivity index (χ2v) is 10.6. The number of sulfone groups is 1. The van der Waals surface area contributed by atoms with Crippen molar-refractivity contribution in [2.75, 3.05) is 11.5 Å². The number of benzene rings is 1. The molecule has 1 aliphatic heterocycles. The number of hydrogen-bond donors (Lipinski definition) is 0. The molecule has 1 saturated heterocycles. The van der Waals surface area contributed by atoms with Crippen molar-refractivity contribution < 1.29 is 17.6 Å². The quantitative estimate of drug-likeness (QED) is 0.555. The molecule has 0 saturated carbocycles. The lowest BCUT2D eigenvalue weighted by Gasteiger charge is -2.27. The third kappa shape index (κ3) is 4.82. The van der Waals surface area contributed by atoms with E-state index < -0.39 is 9.84 Å². The molecule has 4 rings (SSSR count). The highest BCUT2D eigenvalue weighted by molar-refractivity contribution is 7.91. The Bertz CT molecular complexity index is 1100. The van der Waals surface area contributed by atoms with Crippen LogP contribution in [-0.2, 0) is 34.0 Å². The van der Waals surface area contributed by atoms with E-state index in [-0.39, 0.29) is 36.4 Å². The highest BCUT2D eigenvalue weighted by Gasteiger charge is 2.35. The molecule has 8 heteroatoms. The van der Waals surface area contributed by atoms with Crippen LogP contribution in [0.25, 0.3) is 10.6 Å². The van der Waals surface area contributed by atoms with Gasteiger partial charge >= 0.3 is 0 Å². The zero-order valence-corrected chi connectivity index (χ0v) is 18.4. The molecule has 0 N–H and O–H groups in total. The Morgan fingerprint density at radius 2 is 2.07 bits per heavy atom. The fourth-order valence-corrected chi connectivity index (χ4v) is 6.23. The van der Waals surface area contributed by atoms with Crippen molar-refractivity contribution in [2.24, 2.45) is 0 Å². The predicted octanol–water partition coefficient (Wildman–Crippen LogP) is 3.72. The molecule has 2 aromatic heterocycles. The molecule has 158 valence electrons. The predicted molar refractivity (Wildman–Crippen MR) is 117 cm³/mol. The first-order valence-electron chi connectivity index (χ1n) is 9.99. The normalized spacial score (nSPS) is 17.8. The van der Waals surface area contributed by atoms with Crippen molar-refractivity contribution >= 4 is 27.1 Å². The summed E-state index contributed by atoms with van der Waals surface area (Å²) in [6.45, 7) is 2.38.